The van der Waals surface area contributed by atoms with Gasteiger partial charge in [-0.3, -0.25) is 9.59 Å². The lowest BCUT2D eigenvalue weighted by atomic mass is 10.2. The molecule has 0 aromatic carbocycles. The summed E-state index contributed by atoms with van der Waals surface area (Å²) in [5, 5.41) is 11.5. The van der Waals surface area contributed by atoms with Gasteiger partial charge < -0.3 is 15.2 Å². The zero-order valence-corrected chi connectivity index (χ0v) is 12.4. The number of carbonyl (C=O) groups excluding carboxylic acids is 2. The van der Waals surface area contributed by atoms with Gasteiger partial charge in [0.1, 0.15) is 5.00 Å². The highest BCUT2D eigenvalue weighted by Gasteiger charge is 2.19. The van der Waals surface area contributed by atoms with Crippen LogP contribution in [0.1, 0.15) is 41.9 Å². The van der Waals surface area contributed by atoms with Crippen molar-refractivity contribution < 1.29 is 24.2 Å². The maximum absolute atomic E-state index is 11.9. The molecule has 0 aliphatic rings. The van der Waals surface area contributed by atoms with Crippen LogP contribution in [-0.4, -0.2) is 29.1 Å². The lowest BCUT2D eigenvalue weighted by Gasteiger charge is -2.09. The van der Waals surface area contributed by atoms with E-state index in [-0.39, 0.29) is 18.9 Å². The SMILES string of the molecule is Cc1cc(C(=O)OC(C)C)c(NC(=O)CCC(=O)O)s1. The van der Waals surface area contributed by atoms with Gasteiger partial charge in [-0.05, 0) is 26.8 Å². The van der Waals surface area contributed by atoms with E-state index in [1.54, 1.807) is 19.9 Å². The van der Waals surface area contributed by atoms with E-state index in [0.717, 1.165) is 4.88 Å². The molecule has 0 spiro atoms. The van der Waals surface area contributed by atoms with Crippen molar-refractivity contribution in [2.45, 2.75) is 39.7 Å². The fourth-order valence-corrected chi connectivity index (χ4v) is 2.36. The molecule has 1 aromatic heterocycles. The van der Waals surface area contributed by atoms with Crippen molar-refractivity contribution >= 4 is 34.2 Å². The first-order chi connectivity index (χ1) is 9.29. The van der Waals surface area contributed by atoms with Crippen molar-refractivity contribution in [2.24, 2.45) is 0 Å². The number of nitrogens with one attached hydrogen (secondary N) is 1. The van der Waals surface area contributed by atoms with Gasteiger partial charge in [-0.1, -0.05) is 0 Å². The highest BCUT2D eigenvalue weighted by Crippen LogP contribution is 2.28. The molecule has 0 unspecified atom stereocenters. The topological polar surface area (TPSA) is 92.7 Å². The Morgan fingerprint density at radius 1 is 1.35 bits per heavy atom. The Bertz CT molecular complexity index is 521. The minimum absolute atomic E-state index is 0.134. The lowest BCUT2D eigenvalue weighted by molar-refractivity contribution is -0.138. The van der Waals surface area contributed by atoms with Crippen LogP contribution in [0.2, 0.25) is 0 Å². The predicted molar refractivity (Wildman–Crippen MR) is 75.1 cm³/mol. The highest BCUT2D eigenvalue weighted by atomic mass is 32.1. The molecule has 1 aromatic rings. The Hall–Kier alpha value is -1.89. The van der Waals surface area contributed by atoms with E-state index in [1.807, 2.05) is 6.92 Å². The van der Waals surface area contributed by atoms with Crippen LogP contribution in [0.4, 0.5) is 5.00 Å². The number of carboxylic acid groups (broad SMARTS) is 1. The molecule has 0 saturated carbocycles. The van der Waals surface area contributed by atoms with Gasteiger partial charge in [0.25, 0.3) is 0 Å². The number of hydrogen-bond donors (Lipinski definition) is 2. The first kappa shape index (κ1) is 16.2. The Morgan fingerprint density at radius 3 is 2.55 bits per heavy atom. The zero-order valence-electron chi connectivity index (χ0n) is 11.6. The van der Waals surface area contributed by atoms with Gasteiger partial charge in [0.2, 0.25) is 5.91 Å². The number of hydrogen-bond acceptors (Lipinski definition) is 5. The fraction of sp³-hybridized carbons (Fsp3) is 0.462. The van der Waals surface area contributed by atoms with Gasteiger partial charge in [-0.25, -0.2) is 4.79 Å². The molecule has 1 rings (SSSR count). The molecule has 0 aliphatic carbocycles. The van der Waals surface area contributed by atoms with E-state index in [0.29, 0.717) is 10.6 Å². The summed E-state index contributed by atoms with van der Waals surface area (Å²) >= 11 is 1.25. The summed E-state index contributed by atoms with van der Waals surface area (Å²) in [6.07, 6.45) is -0.634. The summed E-state index contributed by atoms with van der Waals surface area (Å²) in [6, 6.07) is 1.64. The number of aliphatic carboxylic acids is 1. The van der Waals surface area contributed by atoms with Gasteiger partial charge in [-0.2, -0.15) is 0 Å². The molecule has 0 radical (unpaired) electrons. The Morgan fingerprint density at radius 2 is 2.00 bits per heavy atom. The van der Waals surface area contributed by atoms with E-state index in [9.17, 15) is 14.4 Å². The first-order valence-electron chi connectivity index (χ1n) is 6.12. The van der Waals surface area contributed by atoms with Crippen LogP contribution in [-0.2, 0) is 14.3 Å². The quantitative estimate of drug-likeness (QED) is 0.787. The summed E-state index contributed by atoms with van der Waals surface area (Å²) in [5.41, 5.74) is 0.296. The second-order valence-corrected chi connectivity index (χ2v) is 5.75. The maximum Gasteiger partial charge on any atom is 0.341 e. The van der Waals surface area contributed by atoms with Gasteiger partial charge in [0, 0.05) is 11.3 Å². The number of ether oxygens (including phenoxy) is 1. The third kappa shape index (κ3) is 5.00. The molecule has 0 atom stereocenters. The first-order valence-corrected chi connectivity index (χ1v) is 6.94. The Labute approximate surface area is 120 Å². The van der Waals surface area contributed by atoms with Crippen molar-refractivity contribution in [3.63, 3.8) is 0 Å². The molecular weight excluding hydrogens is 282 g/mol. The summed E-state index contributed by atoms with van der Waals surface area (Å²) in [6.45, 7) is 5.29. The third-order valence-corrected chi connectivity index (χ3v) is 3.20. The van der Waals surface area contributed by atoms with Crippen molar-refractivity contribution in [3.05, 3.63) is 16.5 Å². The van der Waals surface area contributed by atoms with Crippen molar-refractivity contribution in [3.8, 4) is 0 Å². The molecule has 7 heteroatoms. The zero-order chi connectivity index (χ0) is 15.3. The summed E-state index contributed by atoms with van der Waals surface area (Å²) in [5.74, 6) is -1.98. The predicted octanol–water partition coefficient (Wildman–Crippen LogP) is 2.43. The number of rotatable bonds is 6. The van der Waals surface area contributed by atoms with E-state index < -0.39 is 17.8 Å². The normalized spacial score (nSPS) is 10.4. The molecule has 0 saturated heterocycles. The van der Waals surface area contributed by atoms with Crippen LogP contribution in [0.5, 0.6) is 0 Å². The minimum atomic E-state index is -1.04. The summed E-state index contributed by atoms with van der Waals surface area (Å²) in [4.78, 5) is 34.7. The minimum Gasteiger partial charge on any atom is -0.481 e. The average Bonchev–Trinajstić information content (AvgIpc) is 2.66. The van der Waals surface area contributed by atoms with Crippen LogP contribution in [0.25, 0.3) is 0 Å². The molecule has 6 nitrogen and oxygen atoms in total. The second kappa shape index (κ2) is 7.04. The lowest BCUT2D eigenvalue weighted by Crippen LogP contribution is -2.16. The van der Waals surface area contributed by atoms with Gasteiger partial charge in [0.15, 0.2) is 0 Å². The molecule has 1 amide bonds. The Balaban J connectivity index is 2.77. The number of amides is 1. The van der Waals surface area contributed by atoms with E-state index in [2.05, 4.69) is 5.32 Å². The molecule has 1 heterocycles. The summed E-state index contributed by atoms with van der Waals surface area (Å²) < 4.78 is 5.09. The second-order valence-electron chi connectivity index (χ2n) is 4.50. The van der Waals surface area contributed by atoms with Gasteiger partial charge in [-0.15, -0.1) is 11.3 Å². The standard InChI is InChI=1S/C13H17NO5S/c1-7(2)19-13(18)9-6-8(3)20-12(9)14-10(15)4-5-11(16)17/h6-7H,4-5H2,1-3H3,(H,14,15)(H,16,17). The molecular formula is C13H17NO5S. The van der Waals surface area contributed by atoms with Crippen molar-refractivity contribution in [2.75, 3.05) is 5.32 Å². The largest absolute Gasteiger partial charge is 0.481 e. The van der Waals surface area contributed by atoms with Crippen molar-refractivity contribution in [1.29, 1.82) is 0 Å². The molecule has 20 heavy (non-hydrogen) atoms. The number of thiophene rings is 1. The van der Waals surface area contributed by atoms with Gasteiger partial charge >= 0.3 is 11.9 Å². The van der Waals surface area contributed by atoms with Gasteiger partial charge in [0.05, 0.1) is 18.1 Å². The molecule has 110 valence electrons. The third-order valence-electron chi connectivity index (χ3n) is 2.24. The maximum atomic E-state index is 11.9. The summed E-state index contributed by atoms with van der Waals surface area (Å²) in [7, 11) is 0. The molecule has 0 aliphatic heterocycles. The number of esters is 1. The number of aryl methyl sites for hydroxylation is 1. The van der Waals surface area contributed by atoms with E-state index >= 15 is 0 Å². The Kier molecular flexibility index (Phi) is 5.69. The van der Waals surface area contributed by atoms with Crippen LogP contribution >= 0.6 is 11.3 Å². The molecule has 0 bridgehead atoms. The average molecular weight is 299 g/mol. The van der Waals surface area contributed by atoms with Crippen molar-refractivity contribution in [1.82, 2.24) is 0 Å². The van der Waals surface area contributed by atoms with Crippen LogP contribution in [0, 0.1) is 6.92 Å². The monoisotopic (exact) mass is 299 g/mol. The highest BCUT2D eigenvalue weighted by molar-refractivity contribution is 7.16. The smallest absolute Gasteiger partial charge is 0.341 e. The number of anilines is 1. The van der Waals surface area contributed by atoms with Crippen LogP contribution in [0.15, 0.2) is 6.07 Å². The number of carboxylic acids is 1. The fourth-order valence-electron chi connectivity index (χ4n) is 1.45. The van der Waals surface area contributed by atoms with Crippen LogP contribution in [0.3, 0.4) is 0 Å². The van der Waals surface area contributed by atoms with E-state index in [4.69, 9.17) is 9.84 Å². The van der Waals surface area contributed by atoms with E-state index in [1.165, 1.54) is 11.3 Å². The molecule has 2 N–H and O–H groups in total. The molecule has 0 fully saturated rings. The van der Waals surface area contributed by atoms with Crippen LogP contribution < -0.4 is 5.32 Å². The number of carbonyl (C=O) groups is 3.